The molecule has 1 aliphatic rings. The standard InChI is InChI=1S/C26H28N4O2/c1-19-7-8-20-9-11-28-26(22(20)17-19)30-15-13-29(14-16-30)12-4-10-27-23-18-25(31)32-24-6-3-2-5-21(23)24/h2-3,5-9,11,17-18,27H,4,10,12-16H2,1H3. The van der Waals surface area contributed by atoms with Gasteiger partial charge < -0.3 is 14.6 Å². The third-order valence-corrected chi connectivity index (χ3v) is 6.19. The minimum atomic E-state index is -0.320. The number of rotatable bonds is 6. The second-order valence-electron chi connectivity index (χ2n) is 8.44. The van der Waals surface area contributed by atoms with Crippen molar-refractivity contribution in [3.05, 3.63) is 76.8 Å². The van der Waals surface area contributed by atoms with Crippen LogP contribution in [0.15, 0.2) is 70.0 Å². The first kappa shape index (κ1) is 20.5. The third kappa shape index (κ3) is 4.32. The van der Waals surface area contributed by atoms with Gasteiger partial charge in [-0.15, -0.1) is 0 Å². The molecule has 164 valence electrons. The number of hydrogen-bond donors (Lipinski definition) is 1. The van der Waals surface area contributed by atoms with E-state index in [-0.39, 0.29) is 5.63 Å². The van der Waals surface area contributed by atoms with E-state index >= 15 is 0 Å². The summed E-state index contributed by atoms with van der Waals surface area (Å²) in [6, 6.07) is 17.8. The van der Waals surface area contributed by atoms with Crippen LogP contribution in [0.25, 0.3) is 21.7 Å². The lowest BCUT2D eigenvalue weighted by Crippen LogP contribution is -2.47. The van der Waals surface area contributed by atoms with Crippen LogP contribution < -0.4 is 15.8 Å². The maximum absolute atomic E-state index is 11.8. The van der Waals surface area contributed by atoms with Gasteiger partial charge in [0.15, 0.2) is 0 Å². The van der Waals surface area contributed by atoms with Crippen molar-refractivity contribution in [2.75, 3.05) is 49.5 Å². The molecular formula is C26H28N4O2. The summed E-state index contributed by atoms with van der Waals surface area (Å²) in [5.74, 6) is 1.10. The van der Waals surface area contributed by atoms with Crippen LogP contribution in [0, 0.1) is 6.92 Å². The fourth-order valence-electron chi connectivity index (χ4n) is 4.49. The molecule has 2 aromatic carbocycles. The van der Waals surface area contributed by atoms with Crippen LogP contribution in [0.5, 0.6) is 0 Å². The Morgan fingerprint density at radius 1 is 1.00 bits per heavy atom. The predicted octanol–water partition coefficient (Wildman–Crippen LogP) is 4.27. The summed E-state index contributed by atoms with van der Waals surface area (Å²) >= 11 is 0. The van der Waals surface area contributed by atoms with Crippen molar-refractivity contribution in [2.24, 2.45) is 0 Å². The van der Waals surface area contributed by atoms with Crippen LogP contribution in [0.2, 0.25) is 0 Å². The van der Waals surface area contributed by atoms with Crippen LogP contribution in [0.3, 0.4) is 0 Å². The Balaban J connectivity index is 1.15. The van der Waals surface area contributed by atoms with E-state index in [9.17, 15) is 4.79 Å². The molecule has 1 aliphatic heterocycles. The fraction of sp³-hybridized carbons (Fsp3) is 0.308. The molecule has 1 fully saturated rings. The minimum Gasteiger partial charge on any atom is -0.423 e. The highest BCUT2D eigenvalue weighted by Crippen LogP contribution is 2.26. The van der Waals surface area contributed by atoms with E-state index in [1.807, 2.05) is 30.5 Å². The number of pyridine rings is 1. The molecule has 1 N–H and O–H groups in total. The van der Waals surface area contributed by atoms with Crippen molar-refractivity contribution in [3.63, 3.8) is 0 Å². The van der Waals surface area contributed by atoms with E-state index in [0.717, 1.165) is 62.6 Å². The molecule has 0 amide bonds. The summed E-state index contributed by atoms with van der Waals surface area (Å²) in [4.78, 5) is 21.4. The molecule has 0 atom stereocenters. The number of para-hydroxylation sites is 1. The lowest BCUT2D eigenvalue weighted by atomic mass is 10.1. The largest absolute Gasteiger partial charge is 0.423 e. The number of aromatic nitrogens is 1. The lowest BCUT2D eigenvalue weighted by molar-refractivity contribution is 0.257. The molecule has 0 unspecified atom stereocenters. The molecule has 6 nitrogen and oxygen atoms in total. The molecule has 0 radical (unpaired) electrons. The third-order valence-electron chi connectivity index (χ3n) is 6.19. The van der Waals surface area contributed by atoms with E-state index in [0.29, 0.717) is 5.58 Å². The van der Waals surface area contributed by atoms with Crippen molar-refractivity contribution in [3.8, 4) is 0 Å². The van der Waals surface area contributed by atoms with Gasteiger partial charge in [-0.1, -0.05) is 29.8 Å². The van der Waals surface area contributed by atoms with Gasteiger partial charge in [0.1, 0.15) is 11.4 Å². The van der Waals surface area contributed by atoms with E-state index < -0.39 is 0 Å². The number of piperazine rings is 1. The zero-order valence-electron chi connectivity index (χ0n) is 18.4. The predicted molar refractivity (Wildman–Crippen MR) is 131 cm³/mol. The van der Waals surface area contributed by atoms with E-state index in [2.05, 4.69) is 46.3 Å². The lowest BCUT2D eigenvalue weighted by Gasteiger charge is -2.36. The van der Waals surface area contributed by atoms with Crippen LogP contribution >= 0.6 is 0 Å². The van der Waals surface area contributed by atoms with Crippen molar-refractivity contribution in [1.29, 1.82) is 0 Å². The van der Waals surface area contributed by atoms with Crippen molar-refractivity contribution < 1.29 is 4.42 Å². The summed E-state index contributed by atoms with van der Waals surface area (Å²) in [6.45, 7) is 8.01. The Morgan fingerprint density at radius 2 is 1.84 bits per heavy atom. The van der Waals surface area contributed by atoms with Crippen LogP contribution in [0.4, 0.5) is 11.5 Å². The van der Waals surface area contributed by atoms with Gasteiger partial charge >= 0.3 is 5.63 Å². The van der Waals surface area contributed by atoms with Gasteiger partial charge in [-0.25, -0.2) is 9.78 Å². The number of hydrogen-bond acceptors (Lipinski definition) is 6. The SMILES string of the molecule is Cc1ccc2ccnc(N3CCN(CCCNc4cc(=O)oc5ccccc45)CC3)c2c1. The molecule has 0 aliphatic carbocycles. The Kier molecular flexibility index (Phi) is 5.77. The molecule has 4 aromatic rings. The summed E-state index contributed by atoms with van der Waals surface area (Å²) in [5, 5.41) is 6.85. The fourth-order valence-corrected chi connectivity index (χ4v) is 4.49. The Hall–Kier alpha value is -3.38. The van der Waals surface area contributed by atoms with Gasteiger partial charge in [0, 0.05) is 55.8 Å². The number of aryl methyl sites for hydroxylation is 1. The number of nitrogens with one attached hydrogen (secondary N) is 1. The summed E-state index contributed by atoms with van der Waals surface area (Å²) < 4.78 is 5.27. The number of nitrogens with zero attached hydrogens (tertiary/aromatic N) is 3. The normalized spacial score (nSPS) is 14.8. The molecule has 1 saturated heterocycles. The van der Waals surface area contributed by atoms with Crippen LogP contribution in [-0.2, 0) is 0 Å². The maximum Gasteiger partial charge on any atom is 0.338 e. The first-order valence-electron chi connectivity index (χ1n) is 11.3. The molecule has 2 aromatic heterocycles. The Labute approximate surface area is 187 Å². The Morgan fingerprint density at radius 3 is 2.72 bits per heavy atom. The quantitative estimate of drug-likeness (QED) is 0.366. The van der Waals surface area contributed by atoms with Gasteiger partial charge in [-0.05, 0) is 49.5 Å². The second-order valence-corrected chi connectivity index (χ2v) is 8.44. The van der Waals surface area contributed by atoms with Gasteiger partial charge in [-0.3, -0.25) is 4.90 Å². The second kappa shape index (κ2) is 9.01. The average molecular weight is 429 g/mol. The number of fused-ring (bicyclic) bond motifs is 2. The van der Waals surface area contributed by atoms with Gasteiger partial charge in [0.2, 0.25) is 0 Å². The number of anilines is 2. The first-order valence-corrected chi connectivity index (χ1v) is 11.3. The molecular weight excluding hydrogens is 400 g/mol. The average Bonchev–Trinajstić information content (AvgIpc) is 2.81. The van der Waals surface area contributed by atoms with Gasteiger partial charge in [-0.2, -0.15) is 0 Å². The zero-order chi connectivity index (χ0) is 21.9. The topological polar surface area (TPSA) is 61.6 Å². The Bertz CT molecular complexity index is 1290. The smallest absolute Gasteiger partial charge is 0.338 e. The maximum atomic E-state index is 11.8. The molecule has 3 heterocycles. The summed E-state index contributed by atoms with van der Waals surface area (Å²) in [7, 11) is 0. The van der Waals surface area contributed by atoms with Gasteiger partial charge in [0.05, 0.1) is 5.69 Å². The highest BCUT2D eigenvalue weighted by Gasteiger charge is 2.19. The van der Waals surface area contributed by atoms with Crippen molar-refractivity contribution >= 4 is 33.2 Å². The summed E-state index contributed by atoms with van der Waals surface area (Å²) in [5.41, 5.74) is 2.41. The molecule has 0 bridgehead atoms. The van der Waals surface area contributed by atoms with E-state index in [1.54, 1.807) is 6.07 Å². The van der Waals surface area contributed by atoms with E-state index in [1.165, 1.54) is 16.3 Å². The molecule has 0 saturated carbocycles. The molecule has 32 heavy (non-hydrogen) atoms. The zero-order valence-corrected chi connectivity index (χ0v) is 18.4. The molecule has 6 heteroatoms. The molecule has 0 spiro atoms. The number of benzene rings is 2. The highest BCUT2D eigenvalue weighted by atomic mass is 16.4. The van der Waals surface area contributed by atoms with Crippen LogP contribution in [0.1, 0.15) is 12.0 Å². The van der Waals surface area contributed by atoms with Gasteiger partial charge in [0.25, 0.3) is 0 Å². The molecule has 5 rings (SSSR count). The van der Waals surface area contributed by atoms with E-state index in [4.69, 9.17) is 9.40 Å². The van der Waals surface area contributed by atoms with Crippen molar-refractivity contribution in [1.82, 2.24) is 9.88 Å². The first-order chi connectivity index (χ1) is 15.7. The van der Waals surface area contributed by atoms with Crippen molar-refractivity contribution in [2.45, 2.75) is 13.3 Å². The highest BCUT2D eigenvalue weighted by molar-refractivity contribution is 5.92. The minimum absolute atomic E-state index is 0.320. The summed E-state index contributed by atoms with van der Waals surface area (Å²) in [6.07, 6.45) is 2.93. The monoisotopic (exact) mass is 428 g/mol. The van der Waals surface area contributed by atoms with Crippen LogP contribution in [-0.4, -0.2) is 49.2 Å².